The Balaban J connectivity index is 1.34. The Bertz CT molecular complexity index is 1380. The highest BCUT2D eigenvalue weighted by Gasteiger charge is 2.34. The van der Waals surface area contributed by atoms with Crippen molar-refractivity contribution in [1.82, 2.24) is 9.78 Å². The molecular formula is C35H45N3O4. The molecular weight excluding hydrogens is 526 g/mol. The normalized spacial score (nSPS) is 22.6. The molecule has 42 heavy (non-hydrogen) atoms. The molecule has 5 rings (SSSR count). The molecule has 1 aromatic heterocycles. The molecule has 1 N–H and O–H groups in total. The van der Waals surface area contributed by atoms with Crippen molar-refractivity contribution in [3.63, 3.8) is 0 Å². The minimum absolute atomic E-state index is 0.133. The zero-order chi connectivity index (χ0) is 29.8. The second-order valence-electron chi connectivity index (χ2n) is 12.6. The minimum atomic E-state index is -0.740. The van der Waals surface area contributed by atoms with E-state index in [4.69, 9.17) is 4.74 Å². The molecule has 0 radical (unpaired) electrons. The van der Waals surface area contributed by atoms with Gasteiger partial charge in [0.15, 0.2) is 0 Å². The highest BCUT2D eigenvalue weighted by molar-refractivity contribution is 5.96. The summed E-state index contributed by atoms with van der Waals surface area (Å²) >= 11 is 0. The number of ether oxygens (including phenoxy) is 1. The largest absolute Gasteiger partial charge is 0.496 e. The van der Waals surface area contributed by atoms with Gasteiger partial charge in [0.25, 0.3) is 0 Å². The molecule has 0 spiro atoms. The van der Waals surface area contributed by atoms with Crippen LogP contribution < -0.4 is 9.64 Å². The summed E-state index contributed by atoms with van der Waals surface area (Å²) in [5, 5.41) is 14.0. The van der Waals surface area contributed by atoms with Gasteiger partial charge in [0.05, 0.1) is 19.2 Å². The SMILES string of the molecule is COc1ccc(C2CCC(CN(C(=O)C3CCC(C(=O)O)CC3)c3cccc(-c4cnn(C(C)C)c4)c3)CC2)cc1C. The van der Waals surface area contributed by atoms with Gasteiger partial charge in [-0.05, 0) is 119 Å². The van der Waals surface area contributed by atoms with Crippen molar-refractivity contribution < 1.29 is 19.4 Å². The Labute approximate surface area is 249 Å². The lowest BCUT2D eigenvalue weighted by Crippen LogP contribution is -2.41. The highest BCUT2D eigenvalue weighted by atomic mass is 16.5. The van der Waals surface area contributed by atoms with Gasteiger partial charge in [0.1, 0.15) is 5.75 Å². The fraction of sp³-hybridized carbons (Fsp3) is 0.514. The van der Waals surface area contributed by atoms with Crippen LogP contribution in [-0.2, 0) is 9.59 Å². The van der Waals surface area contributed by atoms with Crippen LogP contribution in [0, 0.1) is 24.7 Å². The van der Waals surface area contributed by atoms with Crippen molar-refractivity contribution in [2.24, 2.45) is 17.8 Å². The number of rotatable bonds is 9. The second-order valence-corrected chi connectivity index (χ2v) is 12.6. The summed E-state index contributed by atoms with van der Waals surface area (Å²) in [7, 11) is 1.71. The van der Waals surface area contributed by atoms with Gasteiger partial charge in [-0.3, -0.25) is 14.3 Å². The maximum absolute atomic E-state index is 14.1. The third-order valence-corrected chi connectivity index (χ3v) is 9.49. The van der Waals surface area contributed by atoms with E-state index >= 15 is 0 Å². The minimum Gasteiger partial charge on any atom is -0.496 e. The quantitative estimate of drug-likeness (QED) is 0.285. The average Bonchev–Trinajstić information content (AvgIpc) is 3.51. The Morgan fingerprint density at radius 3 is 2.31 bits per heavy atom. The van der Waals surface area contributed by atoms with E-state index in [9.17, 15) is 14.7 Å². The molecule has 3 aromatic rings. The van der Waals surface area contributed by atoms with Crippen LogP contribution in [0.3, 0.4) is 0 Å². The number of carboxylic acid groups (broad SMARTS) is 1. The van der Waals surface area contributed by atoms with Crippen molar-refractivity contribution in [1.29, 1.82) is 0 Å². The molecule has 2 aromatic carbocycles. The van der Waals surface area contributed by atoms with Crippen molar-refractivity contribution in [2.75, 3.05) is 18.6 Å². The lowest BCUT2D eigenvalue weighted by Gasteiger charge is -2.36. The average molecular weight is 572 g/mol. The van der Waals surface area contributed by atoms with Gasteiger partial charge >= 0.3 is 5.97 Å². The molecule has 1 heterocycles. The Morgan fingerprint density at radius 2 is 1.69 bits per heavy atom. The number of methoxy groups -OCH3 is 1. The first-order valence-electron chi connectivity index (χ1n) is 15.6. The van der Waals surface area contributed by atoms with E-state index in [0.29, 0.717) is 44.1 Å². The first-order chi connectivity index (χ1) is 20.2. The molecule has 0 unspecified atom stereocenters. The topological polar surface area (TPSA) is 84.7 Å². The van der Waals surface area contributed by atoms with Gasteiger partial charge in [-0.25, -0.2) is 0 Å². The van der Waals surface area contributed by atoms with Gasteiger partial charge in [-0.1, -0.05) is 24.3 Å². The summed E-state index contributed by atoms with van der Waals surface area (Å²) in [5.74, 6) is 0.817. The van der Waals surface area contributed by atoms with Gasteiger partial charge in [-0.15, -0.1) is 0 Å². The first-order valence-corrected chi connectivity index (χ1v) is 15.6. The maximum atomic E-state index is 14.1. The molecule has 0 atom stereocenters. The van der Waals surface area contributed by atoms with E-state index in [1.807, 2.05) is 27.9 Å². The fourth-order valence-corrected chi connectivity index (χ4v) is 6.85. The molecule has 224 valence electrons. The zero-order valence-electron chi connectivity index (χ0n) is 25.5. The van der Waals surface area contributed by atoms with Crippen LogP contribution in [0.1, 0.15) is 88.3 Å². The number of carbonyl (C=O) groups is 2. The van der Waals surface area contributed by atoms with Crippen LogP contribution in [0.5, 0.6) is 5.75 Å². The number of amides is 1. The summed E-state index contributed by atoms with van der Waals surface area (Å²) in [6.45, 7) is 7.01. The number of carboxylic acids is 1. The standard InChI is InChI=1S/C35H45N3O4/c1-23(2)38-22-31(20-36-38)29-6-5-7-32(19-29)37(34(39)27-12-14-28(15-13-27)35(40)41)21-25-8-10-26(11-9-25)30-16-17-33(42-4)24(3)18-30/h5-7,16-20,22-23,25-28H,8-15,21H2,1-4H3,(H,40,41). The van der Waals surface area contributed by atoms with E-state index in [1.165, 1.54) is 11.1 Å². The van der Waals surface area contributed by atoms with Crippen molar-refractivity contribution in [3.8, 4) is 16.9 Å². The van der Waals surface area contributed by atoms with Crippen molar-refractivity contribution in [3.05, 3.63) is 66.0 Å². The molecule has 7 nitrogen and oxygen atoms in total. The molecule has 2 aliphatic carbocycles. The number of aryl methyl sites for hydroxylation is 1. The third-order valence-electron chi connectivity index (χ3n) is 9.49. The number of benzene rings is 2. The lowest BCUT2D eigenvalue weighted by atomic mass is 9.77. The van der Waals surface area contributed by atoms with E-state index in [2.05, 4.69) is 62.4 Å². The van der Waals surface area contributed by atoms with Gasteiger partial charge in [0.2, 0.25) is 5.91 Å². The van der Waals surface area contributed by atoms with Crippen LogP contribution in [0.25, 0.3) is 11.1 Å². The number of aliphatic carboxylic acids is 1. The van der Waals surface area contributed by atoms with Crippen LogP contribution in [0.2, 0.25) is 0 Å². The highest BCUT2D eigenvalue weighted by Crippen LogP contribution is 2.39. The van der Waals surface area contributed by atoms with Crippen LogP contribution in [0.15, 0.2) is 54.9 Å². The maximum Gasteiger partial charge on any atom is 0.306 e. The molecule has 2 aliphatic rings. The number of anilines is 1. The number of carbonyl (C=O) groups excluding carboxylic acids is 1. The smallest absolute Gasteiger partial charge is 0.306 e. The molecule has 0 bridgehead atoms. The Morgan fingerprint density at radius 1 is 0.976 bits per heavy atom. The predicted molar refractivity (Wildman–Crippen MR) is 166 cm³/mol. The van der Waals surface area contributed by atoms with Crippen molar-refractivity contribution in [2.45, 2.75) is 84.1 Å². The van der Waals surface area contributed by atoms with E-state index in [1.54, 1.807) is 7.11 Å². The molecule has 1 amide bonds. The third kappa shape index (κ3) is 6.71. The Hall–Kier alpha value is -3.61. The number of nitrogens with zero attached hydrogens (tertiary/aromatic N) is 3. The zero-order valence-corrected chi connectivity index (χ0v) is 25.5. The second kappa shape index (κ2) is 13.1. The summed E-state index contributed by atoms with van der Waals surface area (Å²) in [4.78, 5) is 27.7. The molecule has 7 heteroatoms. The van der Waals surface area contributed by atoms with E-state index in [-0.39, 0.29) is 23.8 Å². The summed E-state index contributed by atoms with van der Waals surface area (Å²) in [6.07, 6.45) is 10.7. The number of aromatic nitrogens is 2. The summed E-state index contributed by atoms with van der Waals surface area (Å²) < 4.78 is 7.41. The van der Waals surface area contributed by atoms with Gasteiger partial charge in [-0.2, -0.15) is 5.10 Å². The fourth-order valence-electron chi connectivity index (χ4n) is 6.85. The Kier molecular flexibility index (Phi) is 9.34. The molecule has 0 aliphatic heterocycles. The number of hydrogen-bond acceptors (Lipinski definition) is 4. The number of hydrogen-bond donors (Lipinski definition) is 1. The van der Waals surface area contributed by atoms with Crippen molar-refractivity contribution >= 4 is 17.6 Å². The monoisotopic (exact) mass is 571 g/mol. The molecule has 0 saturated heterocycles. The van der Waals surface area contributed by atoms with Crippen LogP contribution in [-0.4, -0.2) is 40.4 Å². The van der Waals surface area contributed by atoms with E-state index < -0.39 is 5.97 Å². The lowest BCUT2D eigenvalue weighted by molar-refractivity contribution is -0.144. The molecule has 2 saturated carbocycles. The first kappa shape index (κ1) is 29.9. The van der Waals surface area contributed by atoms with Crippen LogP contribution >= 0.6 is 0 Å². The predicted octanol–water partition coefficient (Wildman–Crippen LogP) is 7.65. The van der Waals surface area contributed by atoms with E-state index in [0.717, 1.165) is 48.2 Å². The summed E-state index contributed by atoms with van der Waals surface area (Å²) in [5.41, 5.74) is 5.55. The summed E-state index contributed by atoms with van der Waals surface area (Å²) in [6, 6.07) is 15.1. The van der Waals surface area contributed by atoms with Gasteiger partial charge < -0.3 is 14.7 Å². The molecule has 2 fully saturated rings. The van der Waals surface area contributed by atoms with Crippen LogP contribution in [0.4, 0.5) is 5.69 Å². The van der Waals surface area contributed by atoms with Gasteiger partial charge in [0, 0.05) is 36.0 Å².